The van der Waals surface area contributed by atoms with E-state index in [1.807, 2.05) is 6.26 Å². The van der Waals surface area contributed by atoms with Crippen LogP contribution in [0.4, 0.5) is 5.95 Å². The van der Waals surface area contributed by atoms with Gasteiger partial charge in [0.15, 0.2) is 10.9 Å². The van der Waals surface area contributed by atoms with Crippen molar-refractivity contribution in [1.29, 1.82) is 0 Å². The van der Waals surface area contributed by atoms with Gasteiger partial charge in [0, 0.05) is 0 Å². The lowest BCUT2D eigenvalue weighted by atomic mass is 10.5. The van der Waals surface area contributed by atoms with E-state index in [2.05, 4.69) is 15.2 Å². The SMILES string of the molecule is Br.COc1cnc(SC)n2c(N)nnc12. The average Bonchev–Trinajstić information content (AvgIpc) is 2.60. The molecular weight excluding hydrogens is 282 g/mol. The molecule has 2 aromatic rings. The van der Waals surface area contributed by atoms with Crippen LogP contribution in [0.15, 0.2) is 11.4 Å². The first kappa shape index (κ1) is 12.1. The van der Waals surface area contributed by atoms with E-state index in [1.165, 1.54) is 11.8 Å². The van der Waals surface area contributed by atoms with E-state index in [0.717, 1.165) is 5.16 Å². The molecule has 0 saturated carbocycles. The van der Waals surface area contributed by atoms with Crippen molar-refractivity contribution >= 4 is 40.3 Å². The number of halogens is 1. The van der Waals surface area contributed by atoms with E-state index in [4.69, 9.17) is 10.5 Å². The molecule has 2 aromatic heterocycles. The van der Waals surface area contributed by atoms with Gasteiger partial charge in [-0.3, -0.25) is 0 Å². The van der Waals surface area contributed by atoms with Crippen molar-refractivity contribution in [3.05, 3.63) is 6.20 Å². The second-order valence-corrected chi connectivity index (χ2v) is 3.30. The molecule has 0 fully saturated rings. The molecule has 0 bridgehead atoms. The number of nitrogens with two attached hydrogens (primary N) is 1. The number of ether oxygens (including phenoxy) is 1. The highest BCUT2D eigenvalue weighted by atomic mass is 79.9. The Morgan fingerprint density at radius 3 is 2.80 bits per heavy atom. The molecule has 0 unspecified atom stereocenters. The Morgan fingerprint density at radius 2 is 2.20 bits per heavy atom. The molecule has 0 aromatic carbocycles. The van der Waals surface area contributed by atoms with Crippen molar-refractivity contribution < 1.29 is 4.74 Å². The summed E-state index contributed by atoms with van der Waals surface area (Å²) in [5.74, 6) is 0.878. The third-order valence-electron chi connectivity index (χ3n) is 1.79. The molecule has 2 rings (SSSR count). The molecule has 0 spiro atoms. The van der Waals surface area contributed by atoms with Crippen LogP contribution in [0, 0.1) is 0 Å². The number of anilines is 1. The van der Waals surface area contributed by atoms with Crippen LogP contribution in [0.2, 0.25) is 0 Å². The fourth-order valence-electron chi connectivity index (χ4n) is 1.16. The number of methoxy groups -OCH3 is 1. The smallest absolute Gasteiger partial charge is 0.228 e. The van der Waals surface area contributed by atoms with Crippen LogP contribution < -0.4 is 10.5 Å². The molecule has 8 heteroatoms. The Kier molecular flexibility index (Phi) is 3.75. The molecule has 82 valence electrons. The van der Waals surface area contributed by atoms with Crippen molar-refractivity contribution in [2.45, 2.75) is 5.16 Å². The average molecular weight is 292 g/mol. The van der Waals surface area contributed by atoms with Gasteiger partial charge in [-0.2, -0.15) is 0 Å². The van der Waals surface area contributed by atoms with E-state index in [9.17, 15) is 0 Å². The lowest BCUT2D eigenvalue weighted by Crippen LogP contribution is -2.00. The highest BCUT2D eigenvalue weighted by Crippen LogP contribution is 2.23. The van der Waals surface area contributed by atoms with E-state index in [0.29, 0.717) is 17.3 Å². The van der Waals surface area contributed by atoms with Crippen LogP contribution in [0.25, 0.3) is 5.65 Å². The summed E-state index contributed by atoms with van der Waals surface area (Å²) >= 11 is 1.47. The fraction of sp³-hybridized carbons (Fsp3) is 0.286. The maximum Gasteiger partial charge on any atom is 0.228 e. The number of hydrogen-bond acceptors (Lipinski definition) is 6. The molecule has 0 aliphatic carbocycles. The Morgan fingerprint density at radius 1 is 1.47 bits per heavy atom. The van der Waals surface area contributed by atoms with E-state index in [1.54, 1.807) is 17.7 Å². The van der Waals surface area contributed by atoms with Crippen LogP contribution in [-0.2, 0) is 0 Å². The normalized spacial score (nSPS) is 10.0. The number of rotatable bonds is 2. The first-order valence-electron chi connectivity index (χ1n) is 3.85. The van der Waals surface area contributed by atoms with Gasteiger partial charge < -0.3 is 10.5 Å². The lowest BCUT2D eigenvalue weighted by Gasteiger charge is -2.04. The summed E-state index contributed by atoms with van der Waals surface area (Å²) < 4.78 is 6.75. The van der Waals surface area contributed by atoms with Crippen molar-refractivity contribution in [2.24, 2.45) is 0 Å². The summed E-state index contributed by atoms with van der Waals surface area (Å²) in [6, 6.07) is 0. The minimum absolute atomic E-state index is 0. The molecule has 15 heavy (non-hydrogen) atoms. The number of nitrogen functional groups attached to an aromatic ring is 1. The molecule has 0 amide bonds. The predicted octanol–water partition coefficient (Wildman–Crippen LogP) is 1.01. The third kappa shape index (κ3) is 1.86. The maximum absolute atomic E-state index is 5.66. The second kappa shape index (κ2) is 4.67. The van der Waals surface area contributed by atoms with Crippen LogP contribution in [0.3, 0.4) is 0 Å². The van der Waals surface area contributed by atoms with Gasteiger partial charge in [-0.25, -0.2) is 9.38 Å². The van der Waals surface area contributed by atoms with Gasteiger partial charge in [-0.15, -0.1) is 27.2 Å². The molecule has 0 saturated heterocycles. The van der Waals surface area contributed by atoms with Gasteiger partial charge in [0.1, 0.15) is 0 Å². The third-order valence-corrected chi connectivity index (χ3v) is 2.45. The second-order valence-electron chi connectivity index (χ2n) is 2.53. The Bertz CT molecular complexity index is 474. The summed E-state index contributed by atoms with van der Waals surface area (Å²) in [6.45, 7) is 0. The van der Waals surface area contributed by atoms with Gasteiger partial charge in [-0.1, -0.05) is 11.8 Å². The zero-order valence-electron chi connectivity index (χ0n) is 8.17. The highest BCUT2D eigenvalue weighted by Gasteiger charge is 2.12. The van der Waals surface area contributed by atoms with Gasteiger partial charge in [-0.05, 0) is 6.26 Å². The zero-order valence-corrected chi connectivity index (χ0v) is 10.7. The largest absolute Gasteiger partial charge is 0.491 e. The maximum atomic E-state index is 5.66. The van der Waals surface area contributed by atoms with E-state index >= 15 is 0 Å². The van der Waals surface area contributed by atoms with Crippen LogP contribution in [0.5, 0.6) is 5.75 Å². The summed E-state index contributed by atoms with van der Waals surface area (Å²) in [5, 5.41) is 8.42. The predicted molar refractivity (Wildman–Crippen MR) is 63.8 cm³/mol. The van der Waals surface area contributed by atoms with Gasteiger partial charge >= 0.3 is 0 Å². The minimum atomic E-state index is 0. The number of thioether (sulfide) groups is 1. The van der Waals surface area contributed by atoms with Crippen LogP contribution >= 0.6 is 28.7 Å². The van der Waals surface area contributed by atoms with Gasteiger partial charge in [0.25, 0.3) is 0 Å². The molecule has 0 radical (unpaired) electrons. The molecule has 2 heterocycles. The molecule has 0 aliphatic heterocycles. The first-order chi connectivity index (χ1) is 6.77. The van der Waals surface area contributed by atoms with Gasteiger partial charge in [0.05, 0.1) is 13.3 Å². The van der Waals surface area contributed by atoms with Crippen molar-refractivity contribution in [1.82, 2.24) is 19.6 Å². The monoisotopic (exact) mass is 291 g/mol. The van der Waals surface area contributed by atoms with Crippen LogP contribution in [0.1, 0.15) is 0 Å². The molecule has 2 N–H and O–H groups in total. The molecule has 6 nitrogen and oxygen atoms in total. The number of hydrogen-bond donors (Lipinski definition) is 1. The minimum Gasteiger partial charge on any atom is -0.491 e. The van der Waals surface area contributed by atoms with Crippen molar-refractivity contribution in [3.63, 3.8) is 0 Å². The summed E-state index contributed by atoms with van der Waals surface area (Å²) in [5.41, 5.74) is 6.24. The lowest BCUT2D eigenvalue weighted by molar-refractivity contribution is 0.413. The summed E-state index contributed by atoms with van der Waals surface area (Å²) in [6.07, 6.45) is 3.52. The number of fused-ring (bicyclic) bond motifs is 1. The first-order valence-corrected chi connectivity index (χ1v) is 5.08. The highest BCUT2D eigenvalue weighted by molar-refractivity contribution is 8.93. The number of aromatic nitrogens is 4. The van der Waals surface area contributed by atoms with Gasteiger partial charge in [0.2, 0.25) is 11.6 Å². The van der Waals surface area contributed by atoms with E-state index < -0.39 is 0 Å². The number of nitrogens with zero attached hydrogens (tertiary/aromatic N) is 4. The fourth-order valence-corrected chi connectivity index (χ4v) is 1.68. The van der Waals surface area contributed by atoms with Crippen LogP contribution in [-0.4, -0.2) is 32.9 Å². The Hall–Kier alpha value is -1.02. The molecular formula is C7H10BrN5OS. The zero-order chi connectivity index (χ0) is 10.1. The quantitative estimate of drug-likeness (QED) is 0.657. The molecule has 0 atom stereocenters. The van der Waals surface area contributed by atoms with Crippen molar-refractivity contribution in [3.8, 4) is 5.75 Å². The van der Waals surface area contributed by atoms with E-state index in [-0.39, 0.29) is 17.0 Å². The molecule has 0 aliphatic rings. The Balaban J connectivity index is 0.00000112. The summed E-state index contributed by atoms with van der Waals surface area (Å²) in [7, 11) is 1.56. The van der Waals surface area contributed by atoms with Crippen molar-refractivity contribution in [2.75, 3.05) is 19.1 Å². The standard InChI is InChI=1S/C7H9N5OS.BrH/c1-13-4-3-9-7(14-2)12-5(4)10-11-6(12)8;/h3H,1-2H3,(H2,8,11);1H. The topological polar surface area (TPSA) is 78.3 Å². The Labute approximate surface area is 101 Å². The summed E-state index contributed by atoms with van der Waals surface area (Å²) in [4.78, 5) is 4.17.